The zero-order valence-corrected chi connectivity index (χ0v) is 20.1. The summed E-state index contributed by atoms with van der Waals surface area (Å²) in [5, 5.41) is 13.0. The molecule has 2 heterocycles. The first-order valence-electron chi connectivity index (χ1n) is 12.7. The van der Waals surface area contributed by atoms with E-state index in [-0.39, 0.29) is 12.3 Å². The summed E-state index contributed by atoms with van der Waals surface area (Å²) in [7, 11) is 0. The fourth-order valence-electron chi connectivity index (χ4n) is 6.03. The van der Waals surface area contributed by atoms with Crippen molar-refractivity contribution in [2.24, 2.45) is 11.3 Å². The largest absolute Gasteiger partial charge is 0.454 e. The summed E-state index contributed by atoms with van der Waals surface area (Å²) in [6, 6.07) is 6.49. The Labute approximate surface area is 197 Å². The molecule has 3 fully saturated rings. The molecule has 2 aliphatic carbocycles. The third-order valence-corrected chi connectivity index (χ3v) is 8.16. The number of hydrogen-bond donors (Lipinski definition) is 2. The summed E-state index contributed by atoms with van der Waals surface area (Å²) < 4.78 is 11.2. The number of nitrogens with one attached hydrogen (secondary N) is 1. The van der Waals surface area contributed by atoms with Crippen LogP contribution in [0.2, 0.25) is 0 Å². The average molecular weight is 458 g/mol. The van der Waals surface area contributed by atoms with E-state index in [2.05, 4.69) is 21.2 Å². The van der Waals surface area contributed by atoms with Gasteiger partial charge in [0.25, 0.3) is 0 Å². The fourth-order valence-corrected chi connectivity index (χ4v) is 6.03. The Morgan fingerprint density at radius 2 is 1.94 bits per heavy atom. The van der Waals surface area contributed by atoms with Crippen molar-refractivity contribution in [2.45, 2.75) is 70.4 Å². The molecule has 1 aromatic carbocycles. The van der Waals surface area contributed by atoms with E-state index in [1.54, 1.807) is 13.8 Å². The number of fused-ring (bicyclic) bond motifs is 1. The van der Waals surface area contributed by atoms with Crippen LogP contribution in [0.1, 0.15) is 58.8 Å². The summed E-state index contributed by atoms with van der Waals surface area (Å²) in [6.07, 6.45) is 7.63. The first-order chi connectivity index (χ1) is 15.8. The molecule has 182 valence electrons. The predicted octanol–water partition coefficient (Wildman–Crippen LogP) is 3.15. The van der Waals surface area contributed by atoms with Gasteiger partial charge in [0, 0.05) is 32.2 Å². The predicted molar refractivity (Wildman–Crippen MR) is 128 cm³/mol. The minimum atomic E-state index is -0.932. The number of hydrogen-bond acceptors (Lipinski definition) is 6. The Kier molecular flexibility index (Phi) is 6.21. The fraction of sp³-hybridized carbons (Fsp3) is 0.731. The average Bonchev–Trinajstić information content (AvgIpc) is 3.19. The highest BCUT2D eigenvalue weighted by atomic mass is 16.7. The van der Waals surface area contributed by atoms with Gasteiger partial charge in [-0.2, -0.15) is 0 Å². The van der Waals surface area contributed by atoms with Gasteiger partial charge in [-0.3, -0.25) is 9.69 Å². The van der Waals surface area contributed by atoms with E-state index in [1.165, 1.54) is 38.6 Å². The lowest BCUT2D eigenvalue weighted by molar-refractivity contribution is -0.125. The molecule has 4 aliphatic rings. The van der Waals surface area contributed by atoms with Crippen LogP contribution < -0.4 is 19.7 Å². The number of carbonyl (C=O) groups is 1. The normalized spacial score (nSPS) is 29.4. The first-order valence-corrected chi connectivity index (χ1v) is 12.7. The minimum absolute atomic E-state index is 0.00909. The van der Waals surface area contributed by atoms with Gasteiger partial charge >= 0.3 is 0 Å². The molecule has 0 radical (unpaired) electrons. The van der Waals surface area contributed by atoms with E-state index in [4.69, 9.17) is 9.47 Å². The van der Waals surface area contributed by atoms with E-state index >= 15 is 0 Å². The van der Waals surface area contributed by atoms with Crippen LogP contribution in [0.5, 0.6) is 11.5 Å². The Hall–Kier alpha value is -1.99. The van der Waals surface area contributed by atoms with Gasteiger partial charge < -0.3 is 24.8 Å². The molecule has 1 aromatic rings. The highest BCUT2D eigenvalue weighted by Gasteiger charge is 2.55. The highest BCUT2D eigenvalue weighted by molar-refractivity contribution is 5.77. The van der Waals surface area contributed by atoms with Crippen LogP contribution in [0.25, 0.3) is 0 Å². The molecule has 2 N–H and O–H groups in total. The summed E-state index contributed by atoms with van der Waals surface area (Å²) in [5.41, 5.74) is 0.577. The molecule has 1 spiro atoms. The number of para-hydroxylation sites is 1. The molecule has 0 aromatic heterocycles. The van der Waals surface area contributed by atoms with Crippen molar-refractivity contribution in [2.75, 3.05) is 44.4 Å². The number of carbonyl (C=O) groups excluding carboxylic acids is 1. The maximum Gasteiger partial charge on any atom is 0.231 e. The number of nitrogens with zero attached hydrogens (tertiary/aromatic N) is 2. The maximum atomic E-state index is 12.2. The van der Waals surface area contributed by atoms with Crippen molar-refractivity contribution in [3.8, 4) is 11.5 Å². The van der Waals surface area contributed by atoms with Gasteiger partial charge in [0.1, 0.15) is 0 Å². The van der Waals surface area contributed by atoms with Gasteiger partial charge in [0.15, 0.2) is 11.5 Å². The van der Waals surface area contributed by atoms with Crippen LogP contribution in [0.4, 0.5) is 5.69 Å². The second-order valence-electron chi connectivity index (χ2n) is 11.2. The van der Waals surface area contributed by atoms with Crippen molar-refractivity contribution in [3.05, 3.63) is 18.2 Å². The molecule has 1 amide bonds. The van der Waals surface area contributed by atoms with E-state index in [0.29, 0.717) is 18.2 Å². The van der Waals surface area contributed by atoms with Crippen LogP contribution >= 0.6 is 0 Å². The van der Waals surface area contributed by atoms with Crippen molar-refractivity contribution >= 4 is 11.6 Å². The van der Waals surface area contributed by atoms with Gasteiger partial charge in [0.2, 0.25) is 12.7 Å². The molecular weight excluding hydrogens is 418 g/mol. The molecule has 1 atom stereocenters. The van der Waals surface area contributed by atoms with Crippen molar-refractivity contribution in [3.63, 3.8) is 0 Å². The molecule has 33 heavy (non-hydrogen) atoms. The second kappa shape index (κ2) is 8.99. The molecule has 1 saturated heterocycles. The molecule has 7 nitrogen and oxygen atoms in total. The van der Waals surface area contributed by atoms with Crippen LogP contribution in [-0.4, -0.2) is 67.1 Å². The number of amides is 1. The van der Waals surface area contributed by atoms with Gasteiger partial charge in [-0.15, -0.1) is 0 Å². The molecule has 7 heteroatoms. The monoisotopic (exact) mass is 457 g/mol. The third kappa shape index (κ3) is 5.24. The van der Waals surface area contributed by atoms with Gasteiger partial charge in [-0.1, -0.05) is 6.07 Å². The molecule has 0 unspecified atom stereocenters. The lowest BCUT2D eigenvalue weighted by atomic mass is 9.78. The van der Waals surface area contributed by atoms with Gasteiger partial charge in [-0.25, -0.2) is 0 Å². The quantitative estimate of drug-likeness (QED) is 0.655. The molecule has 2 aliphatic heterocycles. The number of piperazine rings is 1. The van der Waals surface area contributed by atoms with Crippen molar-refractivity contribution in [1.82, 2.24) is 10.2 Å². The lowest BCUT2D eigenvalue weighted by Gasteiger charge is -2.37. The van der Waals surface area contributed by atoms with Gasteiger partial charge in [-0.05, 0) is 82.4 Å². The highest BCUT2D eigenvalue weighted by Crippen LogP contribution is 2.57. The van der Waals surface area contributed by atoms with E-state index in [1.807, 2.05) is 12.1 Å². The molecule has 2 saturated carbocycles. The lowest BCUT2D eigenvalue weighted by Crippen LogP contribution is -2.47. The molecule has 5 rings (SSSR count). The molecular formula is C26H39N3O4. The smallest absolute Gasteiger partial charge is 0.231 e. The van der Waals surface area contributed by atoms with Crippen molar-refractivity contribution < 1.29 is 19.4 Å². The van der Waals surface area contributed by atoms with E-state index < -0.39 is 5.60 Å². The number of aliphatic hydroxyl groups is 1. The summed E-state index contributed by atoms with van der Waals surface area (Å²) in [6.45, 7) is 9.13. The number of rotatable bonds is 7. The number of anilines is 1. The Balaban J connectivity index is 1.01. The van der Waals surface area contributed by atoms with Crippen LogP contribution in [0, 0.1) is 11.3 Å². The van der Waals surface area contributed by atoms with E-state index in [0.717, 1.165) is 55.7 Å². The molecule has 0 bridgehead atoms. The second-order valence-corrected chi connectivity index (χ2v) is 11.2. The Bertz CT molecular complexity index is 852. The minimum Gasteiger partial charge on any atom is -0.454 e. The summed E-state index contributed by atoms with van der Waals surface area (Å²) in [4.78, 5) is 17.2. The zero-order chi connectivity index (χ0) is 23.1. The van der Waals surface area contributed by atoms with Crippen LogP contribution in [-0.2, 0) is 4.79 Å². The van der Waals surface area contributed by atoms with Gasteiger partial charge in [0.05, 0.1) is 17.7 Å². The maximum absolute atomic E-state index is 12.2. The topological polar surface area (TPSA) is 74.3 Å². The summed E-state index contributed by atoms with van der Waals surface area (Å²) >= 11 is 0. The zero-order valence-electron chi connectivity index (χ0n) is 20.1. The SMILES string of the molecule is CC(C)(O)CC(=O)N[C@H]1CC12CCC(CCN1CCN(c3cccc4c3OCO4)CC1)CC2. The summed E-state index contributed by atoms with van der Waals surface area (Å²) in [5.74, 6) is 2.56. The Morgan fingerprint density at radius 3 is 2.67 bits per heavy atom. The van der Waals surface area contributed by atoms with Crippen LogP contribution in [0.15, 0.2) is 18.2 Å². The standard InChI is InChI=1S/C26H39N3O4/c1-25(2,31)17-23(30)27-22-16-26(22)9-6-19(7-10-26)8-11-28-12-14-29(15-13-28)20-4-3-5-21-24(20)33-18-32-21/h3-5,19,22,31H,6-18H2,1-2H3,(H,27,30)/t19?,22-,26?/m0/s1. The number of ether oxygens (including phenoxy) is 2. The Morgan fingerprint density at radius 1 is 1.18 bits per heavy atom. The van der Waals surface area contributed by atoms with Crippen LogP contribution in [0.3, 0.4) is 0 Å². The first kappa shape index (κ1) is 22.8. The third-order valence-electron chi connectivity index (χ3n) is 8.16. The number of benzene rings is 1. The van der Waals surface area contributed by atoms with Crippen molar-refractivity contribution in [1.29, 1.82) is 0 Å². The van der Waals surface area contributed by atoms with E-state index in [9.17, 15) is 9.90 Å².